The van der Waals surface area contributed by atoms with Gasteiger partial charge in [0.25, 0.3) is 0 Å². The van der Waals surface area contributed by atoms with Gasteiger partial charge in [0.2, 0.25) is 6.29 Å². The van der Waals surface area contributed by atoms with Crippen LogP contribution < -0.4 is 0 Å². The molecule has 2 aliphatic heterocycles. The van der Waals surface area contributed by atoms with Crippen molar-refractivity contribution in [1.82, 2.24) is 0 Å². The lowest BCUT2D eigenvalue weighted by atomic mass is 10.1. The zero-order chi connectivity index (χ0) is 22.6. The number of thioether (sulfide) groups is 2. The van der Waals surface area contributed by atoms with Crippen LogP contribution in [0.25, 0.3) is 0 Å². The molecular weight excluding hydrogens is 452 g/mol. The molecule has 0 saturated carbocycles. The summed E-state index contributed by atoms with van der Waals surface area (Å²) in [6.07, 6.45) is -2.52. The summed E-state index contributed by atoms with van der Waals surface area (Å²) in [5.74, 6) is 0.0229. The SMILES string of the molecule is CC(=O)OC1OC(COC(=O)c2ccccc2)C(OC(=O)c2ccccc2)C12SCCS2. The number of esters is 3. The third kappa shape index (κ3) is 4.79. The average molecular weight is 475 g/mol. The van der Waals surface area contributed by atoms with E-state index in [-0.39, 0.29) is 6.61 Å². The molecule has 3 unspecified atom stereocenters. The van der Waals surface area contributed by atoms with Crippen LogP contribution in [0.15, 0.2) is 60.7 Å². The number of benzene rings is 2. The second kappa shape index (κ2) is 9.97. The van der Waals surface area contributed by atoms with Crippen molar-refractivity contribution in [2.45, 2.75) is 29.5 Å². The van der Waals surface area contributed by atoms with E-state index >= 15 is 0 Å². The highest BCUT2D eigenvalue weighted by Gasteiger charge is 2.63. The molecule has 2 heterocycles. The molecule has 2 aliphatic rings. The predicted octanol–water partition coefficient (Wildman–Crippen LogP) is 3.53. The van der Waals surface area contributed by atoms with Crippen LogP contribution in [0.4, 0.5) is 0 Å². The second-order valence-electron chi connectivity index (χ2n) is 7.19. The molecule has 0 bridgehead atoms. The van der Waals surface area contributed by atoms with Gasteiger partial charge in [-0.3, -0.25) is 4.79 Å². The van der Waals surface area contributed by atoms with E-state index in [1.165, 1.54) is 30.4 Å². The standard InChI is InChI=1S/C23H22O7S2/c1-15(24)28-22-23(31-12-13-32-23)19(30-21(26)17-10-6-3-7-11-17)18(29-22)14-27-20(25)16-8-4-2-5-9-16/h2-11,18-19,22H,12-14H2,1H3. The van der Waals surface area contributed by atoms with Gasteiger partial charge in [0, 0.05) is 18.4 Å². The van der Waals surface area contributed by atoms with Gasteiger partial charge in [0.1, 0.15) is 12.7 Å². The van der Waals surface area contributed by atoms with Crippen molar-refractivity contribution in [2.75, 3.05) is 18.1 Å². The first-order chi connectivity index (χ1) is 15.5. The Morgan fingerprint density at radius 2 is 1.47 bits per heavy atom. The molecule has 32 heavy (non-hydrogen) atoms. The lowest BCUT2D eigenvalue weighted by molar-refractivity contribution is -0.175. The van der Waals surface area contributed by atoms with Gasteiger partial charge in [-0.05, 0) is 24.3 Å². The molecule has 0 radical (unpaired) electrons. The van der Waals surface area contributed by atoms with Crippen LogP contribution >= 0.6 is 23.5 Å². The highest BCUT2D eigenvalue weighted by atomic mass is 32.2. The van der Waals surface area contributed by atoms with Crippen LogP contribution in [-0.4, -0.2) is 58.6 Å². The van der Waals surface area contributed by atoms with Gasteiger partial charge < -0.3 is 18.9 Å². The molecule has 168 valence electrons. The maximum atomic E-state index is 12.9. The summed E-state index contributed by atoms with van der Waals surface area (Å²) in [6, 6.07) is 17.2. The van der Waals surface area contributed by atoms with Crippen LogP contribution in [0.3, 0.4) is 0 Å². The summed E-state index contributed by atoms with van der Waals surface area (Å²) in [5, 5.41) is 0. The van der Waals surface area contributed by atoms with Crippen molar-refractivity contribution in [1.29, 1.82) is 0 Å². The molecule has 9 heteroatoms. The number of rotatable bonds is 6. The van der Waals surface area contributed by atoms with Gasteiger partial charge in [-0.2, -0.15) is 0 Å². The van der Waals surface area contributed by atoms with E-state index in [4.69, 9.17) is 18.9 Å². The van der Waals surface area contributed by atoms with E-state index < -0.39 is 40.5 Å². The third-order valence-corrected chi connectivity index (χ3v) is 8.54. The third-order valence-electron chi connectivity index (χ3n) is 5.00. The summed E-state index contributed by atoms with van der Waals surface area (Å²) < 4.78 is 22.0. The van der Waals surface area contributed by atoms with Crippen molar-refractivity contribution in [3.63, 3.8) is 0 Å². The Morgan fingerprint density at radius 1 is 0.906 bits per heavy atom. The minimum absolute atomic E-state index is 0.152. The Labute approximate surface area is 194 Å². The van der Waals surface area contributed by atoms with Crippen molar-refractivity contribution >= 4 is 41.4 Å². The van der Waals surface area contributed by atoms with Gasteiger partial charge in [-0.15, -0.1) is 23.5 Å². The van der Waals surface area contributed by atoms with E-state index in [0.29, 0.717) is 11.1 Å². The van der Waals surface area contributed by atoms with Crippen molar-refractivity contribution in [3.8, 4) is 0 Å². The summed E-state index contributed by atoms with van der Waals surface area (Å²) >= 11 is 3.05. The van der Waals surface area contributed by atoms with Crippen LogP contribution in [0, 0.1) is 0 Å². The first-order valence-corrected chi connectivity index (χ1v) is 12.1. The monoisotopic (exact) mass is 474 g/mol. The summed E-state index contributed by atoms with van der Waals surface area (Å²) in [6.45, 7) is 1.15. The van der Waals surface area contributed by atoms with Crippen molar-refractivity contribution < 1.29 is 33.3 Å². The fraction of sp³-hybridized carbons (Fsp3) is 0.348. The number of hydrogen-bond donors (Lipinski definition) is 0. The molecule has 7 nitrogen and oxygen atoms in total. The molecule has 0 N–H and O–H groups in total. The summed E-state index contributed by atoms with van der Waals surface area (Å²) in [5.41, 5.74) is 0.797. The predicted molar refractivity (Wildman–Crippen MR) is 120 cm³/mol. The molecule has 2 aromatic carbocycles. The van der Waals surface area contributed by atoms with Crippen LogP contribution in [0.2, 0.25) is 0 Å². The van der Waals surface area contributed by atoms with Gasteiger partial charge in [-0.25, -0.2) is 9.59 Å². The fourth-order valence-electron chi connectivity index (χ4n) is 3.58. The number of ether oxygens (including phenoxy) is 4. The Balaban J connectivity index is 1.56. The lowest BCUT2D eigenvalue weighted by Gasteiger charge is -2.31. The minimum atomic E-state index is -0.938. The maximum Gasteiger partial charge on any atom is 0.338 e. The molecular formula is C23H22O7S2. The normalized spacial score (nSPS) is 23.6. The summed E-state index contributed by atoms with van der Waals surface area (Å²) in [7, 11) is 0. The van der Waals surface area contributed by atoms with E-state index in [1.807, 2.05) is 6.07 Å². The highest BCUT2D eigenvalue weighted by Crippen LogP contribution is 2.56. The number of carbonyl (C=O) groups is 3. The molecule has 0 aliphatic carbocycles. The molecule has 1 spiro atoms. The average Bonchev–Trinajstić information content (AvgIpc) is 3.40. The number of carbonyl (C=O) groups excluding carboxylic acids is 3. The fourth-order valence-corrected chi connectivity index (χ4v) is 6.93. The topological polar surface area (TPSA) is 88.1 Å². The molecule has 0 amide bonds. The second-order valence-corrected chi connectivity index (χ2v) is 10.2. The highest BCUT2D eigenvalue weighted by molar-refractivity contribution is 8.21. The van der Waals surface area contributed by atoms with Gasteiger partial charge in [0.15, 0.2) is 10.2 Å². The molecule has 2 fully saturated rings. The zero-order valence-electron chi connectivity index (χ0n) is 17.3. The van der Waals surface area contributed by atoms with E-state index in [2.05, 4.69) is 0 Å². The zero-order valence-corrected chi connectivity index (χ0v) is 18.9. The Morgan fingerprint density at radius 3 is 2.03 bits per heavy atom. The molecule has 0 aromatic heterocycles. The lowest BCUT2D eigenvalue weighted by Crippen LogP contribution is -2.46. The van der Waals surface area contributed by atoms with Crippen molar-refractivity contribution in [3.05, 3.63) is 71.8 Å². The minimum Gasteiger partial charge on any atom is -0.459 e. The number of hydrogen-bond acceptors (Lipinski definition) is 9. The van der Waals surface area contributed by atoms with Crippen LogP contribution in [0.5, 0.6) is 0 Å². The smallest absolute Gasteiger partial charge is 0.338 e. The summed E-state index contributed by atoms with van der Waals surface area (Å²) in [4.78, 5) is 37.0. The van der Waals surface area contributed by atoms with E-state index in [1.54, 1.807) is 54.6 Å². The molecule has 2 saturated heterocycles. The van der Waals surface area contributed by atoms with Crippen molar-refractivity contribution in [2.24, 2.45) is 0 Å². The Hall–Kier alpha value is -2.49. The molecule has 4 rings (SSSR count). The largest absolute Gasteiger partial charge is 0.459 e. The Bertz CT molecular complexity index is 961. The van der Waals surface area contributed by atoms with Crippen LogP contribution in [0.1, 0.15) is 27.6 Å². The maximum absolute atomic E-state index is 12.9. The van der Waals surface area contributed by atoms with Gasteiger partial charge >= 0.3 is 17.9 Å². The quantitative estimate of drug-likeness (QED) is 0.461. The Kier molecular flexibility index (Phi) is 7.07. The van der Waals surface area contributed by atoms with E-state index in [9.17, 15) is 14.4 Å². The van der Waals surface area contributed by atoms with E-state index in [0.717, 1.165) is 11.5 Å². The van der Waals surface area contributed by atoms with Gasteiger partial charge in [0.05, 0.1) is 11.1 Å². The first-order valence-electron chi connectivity index (χ1n) is 10.1. The van der Waals surface area contributed by atoms with Gasteiger partial charge in [-0.1, -0.05) is 36.4 Å². The van der Waals surface area contributed by atoms with Crippen LogP contribution in [-0.2, 0) is 23.7 Å². The molecule has 3 atom stereocenters. The molecule has 2 aromatic rings. The first kappa shape index (κ1) is 22.7.